The third kappa shape index (κ3) is 4.83. The molecule has 0 N–H and O–H groups in total. The lowest BCUT2D eigenvalue weighted by molar-refractivity contribution is -0.119. The van der Waals surface area contributed by atoms with E-state index in [9.17, 15) is 10.1 Å². The second kappa shape index (κ2) is 10.6. The molecule has 0 saturated carbocycles. The number of rotatable bonds is 5. The zero-order valence-corrected chi connectivity index (χ0v) is 21.4. The molecule has 0 spiro atoms. The number of carbonyl (C=O) groups is 1. The zero-order valence-electron chi connectivity index (χ0n) is 21.4. The molecule has 0 atom stereocenters. The Balaban J connectivity index is 1.14. The first-order valence-corrected chi connectivity index (χ1v) is 13.4. The van der Waals surface area contributed by atoms with Crippen molar-refractivity contribution in [1.29, 1.82) is 5.26 Å². The number of anilines is 1. The molecule has 0 bridgehead atoms. The highest BCUT2D eigenvalue weighted by Gasteiger charge is 2.32. The molecule has 38 heavy (non-hydrogen) atoms. The maximum absolute atomic E-state index is 12.8. The van der Waals surface area contributed by atoms with Crippen molar-refractivity contribution < 1.29 is 4.79 Å². The zero-order chi connectivity index (χ0) is 25.9. The summed E-state index contributed by atoms with van der Waals surface area (Å²) in [5.41, 5.74) is 8.17. The summed E-state index contributed by atoms with van der Waals surface area (Å²) >= 11 is 0. The highest BCUT2D eigenvalue weighted by atomic mass is 16.2. The van der Waals surface area contributed by atoms with Crippen molar-refractivity contribution in [2.75, 3.05) is 18.0 Å². The summed E-state index contributed by atoms with van der Waals surface area (Å²) in [5.74, 6) is 0.268. The van der Waals surface area contributed by atoms with Gasteiger partial charge in [0.05, 0.1) is 11.3 Å². The van der Waals surface area contributed by atoms with E-state index in [1.54, 1.807) is 6.20 Å². The number of aromatic nitrogens is 1. The van der Waals surface area contributed by atoms with Crippen molar-refractivity contribution in [3.63, 3.8) is 0 Å². The van der Waals surface area contributed by atoms with E-state index >= 15 is 0 Å². The van der Waals surface area contributed by atoms with Gasteiger partial charge in [-0.1, -0.05) is 72.8 Å². The van der Waals surface area contributed by atoms with Crippen LogP contribution in [-0.4, -0.2) is 34.9 Å². The van der Waals surface area contributed by atoms with Crippen LogP contribution in [0.25, 0.3) is 22.4 Å². The molecule has 0 radical (unpaired) electrons. The molecule has 2 aliphatic rings. The number of aryl methyl sites for hydroxylation is 1. The Hall–Kier alpha value is -4.27. The van der Waals surface area contributed by atoms with E-state index in [1.165, 1.54) is 11.1 Å². The molecule has 4 aromatic rings. The maximum atomic E-state index is 12.8. The fraction of sp³-hybridized carbons (Fsp3) is 0.242. The number of amides is 1. The van der Waals surface area contributed by atoms with Crippen LogP contribution < -0.4 is 4.90 Å². The number of nitrogens with zero attached hydrogens (tertiary/aromatic N) is 4. The highest BCUT2D eigenvalue weighted by Crippen LogP contribution is 2.33. The second-order valence-electron chi connectivity index (χ2n) is 10.2. The average molecular weight is 499 g/mol. The van der Waals surface area contributed by atoms with Crippen LogP contribution in [0.1, 0.15) is 36.0 Å². The van der Waals surface area contributed by atoms with Crippen molar-refractivity contribution in [1.82, 2.24) is 9.88 Å². The first kappa shape index (κ1) is 24.1. The normalized spacial score (nSPS) is 16.2. The van der Waals surface area contributed by atoms with E-state index < -0.39 is 0 Å². The van der Waals surface area contributed by atoms with Crippen LogP contribution in [0.15, 0.2) is 91.1 Å². The Labute approximate surface area is 224 Å². The number of carbonyl (C=O) groups excluding carboxylic acids is 1. The van der Waals surface area contributed by atoms with Gasteiger partial charge in [-0.25, -0.2) is 0 Å². The summed E-state index contributed by atoms with van der Waals surface area (Å²) in [6.07, 6.45) is 5.10. The first-order chi connectivity index (χ1) is 18.7. The van der Waals surface area contributed by atoms with Gasteiger partial charge in [0, 0.05) is 55.1 Å². The molecule has 3 aromatic carbocycles. The standard InChI is InChI=1S/C33H30N4O/c34-21-25-20-30(26-6-2-1-3-7-26)33(35-22-25)28-12-10-24(11-13-28)23-36-18-16-29(17-19-36)37-31-9-5-4-8-27(31)14-15-32(37)38/h1-13,20,22,29H,14-19,23H2. The molecular formula is C33H30N4O. The molecule has 1 aromatic heterocycles. The van der Waals surface area contributed by atoms with Gasteiger partial charge in [-0.3, -0.25) is 14.7 Å². The number of hydrogen-bond acceptors (Lipinski definition) is 4. The number of piperidine rings is 1. The molecule has 5 nitrogen and oxygen atoms in total. The fourth-order valence-electron chi connectivity index (χ4n) is 5.81. The summed E-state index contributed by atoms with van der Waals surface area (Å²) in [5, 5.41) is 9.40. The van der Waals surface area contributed by atoms with Crippen molar-refractivity contribution >= 4 is 11.6 Å². The van der Waals surface area contributed by atoms with Gasteiger partial charge in [0.15, 0.2) is 0 Å². The maximum Gasteiger partial charge on any atom is 0.227 e. The van der Waals surface area contributed by atoms with Crippen LogP contribution in [0, 0.1) is 11.3 Å². The Bertz CT molecular complexity index is 1480. The average Bonchev–Trinajstić information content (AvgIpc) is 2.98. The Kier molecular flexibility index (Phi) is 6.73. The summed E-state index contributed by atoms with van der Waals surface area (Å²) in [6.45, 7) is 2.85. The Morgan fingerprint density at radius 1 is 0.868 bits per heavy atom. The molecule has 1 amide bonds. The number of benzene rings is 3. The number of hydrogen-bond donors (Lipinski definition) is 0. The minimum Gasteiger partial charge on any atom is -0.309 e. The van der Waals surface area contributed by atoms with Crippen LogP contribution in [0.3, 0.4) is 0 Å². The number of pyridine rings is 1. The smallest absolute Gasteiger partial charge is 0.227 e. The third-order valence-electron chi connectivity index (χ3n) is 7.79. The van der Waals surface area contributed by atoms with E-state index in [0.717, 1.165) is 67.0 Å². The number of para-hydroxylation sites is 1. The predicted molar refractivity (Wildman–Crippen MR) is 150 cm³/mol. The van der Waals surface area contributed by atoms with Crippen molar-refractivity contribution in [2.45, 2.75) is 38.3 Å². The van der Waals surface area contributed by atoms with Gasteiger partial charge in [-0.05, 0) is 48.1 Å². The van der Waals surface area contributed by atoms with E-state index in [0.29, 0.717) is 12.0 Å². The van der Waals surface area contributed by atoms with Crippen LogP contribution in [-0.2, 0) is 17.8 Å². The van der Waals surface area contributed by atoms with Crippen molar-refractivity contribution in [3.8, 4) is 28.5 Å². The highest BCUT2D eigenvalue weighted by molar-refractivity contribution is 5.97. The number of likely N-dealkylation sites (tertiary alicyclic amines) is 1. The minimum absolute atomic E-state index is 0.268. The van der Waals surface area contributed by atoms with Gasteiger partial charge < -0.3 is 4.90 Å². The molecule has 3 heterocycles. The molecule has 0 unspecified atom stereocenters. The minimum atomic E-state index is 0.268. The molecular weight excluding hydrogens is 468 g/mol. The third-order valence-corrected chi connectivity index (χ3v) is 7.79. The van der Waals surface area contributed by atoms with Crippen molar-refractivity contribution in [3.05, 3.63) is 108 Å². The predicted octanol–water partition coefficient (Wildman–Crippen LogP) is 6.23. The molecule has 1 saturated heterocycles. The largest absolute Gasteiger partial charge is 0.309 e. The van der Waals surface area contributed by atoms with E-state index in [2.05, 4.69) is 75.5 Å². The SMILES string of the molecule is N#Cc1cnc(-c2ccc(CN3CCC(N4C(=O)CCc5ccccc54)CC3)cc2)c(-c2ccccc2)c1. The van der Waals surface area contributed by atoms with Crippen LogP contribution in [0.2, 0.25) is 0 Å². The van der Waals surface area contributed by atoms with Gasteiger partial charge in [-0.2, -0.15) is 5.26 Å². The molecule has 188 valence electrons. The topological polar surface area (TPSA) is 60.2 Å². The summed E-state index contributed by atoms with van der Waals surface area (Å²) < 4.78 is 0. The molecule has 2 aliphatic heterocycles. The molecule has 6 rings (SSSR count). The summed E-state index contributed by atoms with van der Waals surface area (Å²) in [7, 11) is 0. The van der Waals surface area contributed by atoms with Crippen LogP contribution in [0.5, 0.6) is 0 Å². The van der Waals surface area contributed by atoms with Gasteiger partial charge in [0.25, 0.3) is 0 Å². The van der Waals surface area contributed by atoms with Crippen LogP contribution >= 0.6 is 0 Å². The first-order valence-electron chi connectivity index (χ1n) is 13.4. The van der Waals surface area contributed by atoms with Crippen LogP contribution in [0.4, 0.5) is 5.69 Å². The van der Waals surface area contributed by atoms with Crippen molar-refractivity contribution in [2.24, 2.45) is 0 Å². The second-order valence-corrected chi connectivity index (χ2v) is 10.2. The van der Waals surface area contributed by atoms with E-state index in [4.69, 9.17) is 0 Å². The fourth-order valence-corrected chi connectivity index (χ4v) is 5.81. The lowest BCUT2D eigenvalue weighted by Gasteiger charge is -2.41. The Morgan fingerprint density at radius 3 is 2.37 bits per heavy atom. The molecule has 0 aliphatic carbocycles. The summed E-state index contributed by atoms with van der Waals surface area (Å²) in [4.78, 5) is 22.0. The van der Waals surface area contributed by atoms with E-state index in [-0.39, 0.29) is 11.9 Å². The lowest BCUT2D eigenvalue weighted by Crippen LogP contribution is -2.49. The molecule has 5 heteroatoms. The Morgan fingerprint density at radius 2 is 1.61 bits per heavy atom. The quantitative estimate of drug-likeness (QED) is 0.327. The van der Waals surface area contributed by atoms with Gasteiger partial charge in [0.1, 0.15) is 6.07 Å². The van der Waals surface area contributed by atoms with E-state index in [1.807, 2.05) is 30.3 Å². The monoisotopic (exact) mass is 498 g/mol. The lowest BCUT2D eigenvalue weighted by atomic mass is 9.95. The van der Waals surface area contributed by atoms with Gasteiger partial charge in [0.2, 0.25) is 5.91 Å². The molecule has 1 fully saturated rings. The number of fused-ring (bicyclic) bond motifs is 1. The van der Waals surface area contributed by atoms with Gasteiger partial charge >= 0.3 is 0 Å². The van der Waals surface area contributed by atoms with Gasteiger partial charge in [-0.15, -0.1) is 0 Å². The number of nitriles is 1. The summed E-state index contributed by atoms with van der Waals surface area (Å²) in [6, 6.07) is 31.5.